The van der Waals surface area contributed by atoms with Gasteiger partial charge in [0.15, 0.2) is 0 Å². The van der Waals surface area contributed by atoms with Crippen molar-refractivity contribution in [2.75, 3.05) is 31.2 Å². The molecule has 0 aliphatic carbocycles. The lowest BCUT2D eigenvalue weighted by Gasteiger charge is -2.25. The van der Waals surface area contributed by atoms with Gasteiger partial charge in [-0.3, -0.25) is 4.79 Å². The fraction of sp³-hybridized carbons (Fsp3) is 0.222. The van der Waals surface area contributed by atoms with E-state index in [2.05, 4.69) is 4.98 Å². The molecule has 5 nitrogen and oxygen atoms in total. The zero-order chi connectivity index (χ0) is 16.5. The van der Waals surface area contributed by atoms with Gasteiger partial charge in [0.25, 0.3) is 5.56 Å². The average molecular weight is 343 g/mol. The highest BCUT2D eigenvalue weighted by molar-refractivity contribution is 6.30. The highest BCUT2D eigenvalue weighted by Gasteiger charge is 2.17. The van der Waals surface area contributed by atoms with E-state index in [1.807, 2.05) is 41.3 Å². The Kier molecular flexibility index (Phi) is 3.96. The van der Waals surface area contributed by atoms with Crippen molar-refractivity contribution < 1.29 is 9.15 Å². The Labute approximate surface area is 143 Å². The number of morpholine rings is 1. The van der Waals surface area contributed by atoms with Crippen molar-refractivity contribution >= 4 is 28.6 Å². The zero-order valence-corrected chi connectivity index (χ0v) is 13.6. The van der Waals surface area contributed by atoms with Crippen LogP contribution < -0.4 is 10.5 Å². The number of benzene rings is 2. The van der Waals surface area contributed by atoms with Crippen LogP contribution in [-0.2, 0) is 4.74 Å². The summed E-state index contributed by atoms with van der Waals surface area (Å²) in [6.45, 7) is 2.56. The molecule has 2 aromatic carbocycles. The Morgan fingerprint density at radius 3 is 2.46 bits per heavy atom. The highest BCUT2D eigenvalue weighted by atomic mass is 35.5. The van der Waals surface area contributed by atoms with Crippen molar-refractivity contribution in [1.82, 2.24) is 4.98 Å². The third-order valence-electron chi connectivity index (χ3n) is 4.07. The predicted molar refractivity (Wildman–Crippen MR) is 93.8 cm³/mol. The van der Waals surface area contributed by atoms with Crippen molar-refractivity contribution in [2.45, 2.75) is 0 Å². The van der Waals surface area contributed by atoms with Gasteiger partial charge in [-0.15, -0.1) is 0 Å². The molecule has 0 spiro atoms. The summed E-state index contributed by atoms with van der Waals surface area (Å²) in [6.07, 6.45) is 0. The molecule has 0 radical (unpaired) electrons. The first-order chi connectivity index (χ1) is 11.7. The molecule has 0 bridgehead atoms. The predicted octanol–water partition coefficient (Wildman–Crippen LogP) is 3.35. The first-order valence-corrected chi connectivity index (χ1v) is 8.12. The molecular formula is C18H15ClN2O3. The third kappa shape index (κ3) is 2.88. The van der Waals surface area contributed by atoms with Gasteiger partial charge in [0.1, 0.15) is 5.58 Å². The summed E-state index contributed by atoms with van der Waals surface area (Å²) in [5.74, 6) is 0. The number of nitrogens with zero attached hydrogens (tertiary/aromatic N) is 2. The maximum absolute atomic E-state index is 12.4. The molecule has 122 valence electrons. The molecule has 1 saturated heterocycles. The molecule has 6 heteroatoms. The highest BCUT2D eigenvalue weighted by Crippen LogP contribution is 2.25. The molecule has 0 saturated carbocycles. The molecule has 3 aromatic rings. The second-order valence-electron chi connectivity index (χ2n) is 5.62. The number of anilines is 1. The van der Waals surface area contributed by atoms with E-state index in [4.69, 9.17) is 20.8 Å². The van der Waals surface area contributed by atoms with Crippen LogP contribution >= 0.6 is 11.6 Å². The first-order valence-electron chi connectivity index (χ1n) is 7.74. The van der Waals surface area contributed by atoms with Gasteiger partial charge >= 0.3 is 6.01 Å². The maximum Gasteiger partial charge on any atom is 0.301 e. The van der Waals surface area contributed by atoms with Gasteiger partial charge in [0, 0.05) is 18.1 Å². The summed E-state index contributed by atoms with van der Waals surface area (Å²) < 4.78 is 11.1. The number of hydrogen-bond acceptors (Lipinski definition) is 5. The minimum Gasteiger partial charge on any atom is -0.425 e. The Balaban J connectivity index is 1.76. The van der Waals surface area contributed by atoms with Crippen LogP contribution in [0.2, 0.25) is 5.02 Å². The number of rotatable bonds is 2. The van der Waals surface area contributed by atoms with E-state index in [1.54, 1.807) is 6.07 Å². The van der Waals surface area contributed by atoms with Gasteiger partial charge in [-0.1, -0.05) is 29.8 Å². The number of ether oxygens (including phenoxy) is 1. The summed E-state index contributed by atoms with van der Waals surface area (Å²) in [5, 5.41) is 1.15. The van der Waals surface area contributed by atoms with Gasteiger partial charge in [-0.05, 0) is 35.4 Å². The molecule has 1 aliphatic heterocycles. The van der Waals surface area contributed by atoms with Crippen molar-refractivity contribution in [3.63, 3.8) is 0 Å². The van der Waals surface area contributed by atoms with Crippen LogP contribution in [0.5, 0.6) is 0 Å². The van der Waals surface area contributed by atoms with Crippen LogP contribution in [0.4, 0.5) is 6.01 Å². The maximum atomic E-state index is 12.4. The smallest absolute Gasteiger partial charge is 0.301 e. The second-order valence-corrected chi connectivity index (χ2v) is 6.06. The minimum atomic E-state index is -0.284. The lowest BCUT2D eigenvalue weighted by atomic mass is 10.0. The molecule has 0 unspecified atom stereocenters. The molecule has 0 atom stereocenters. The molecule has 1 fully saturated rings. The number of aromatic nitrogens is 1. The van der Waals surface area contributed by atoms with Gasteiger partial charge < -0.3 is 14.1 Å². The lowest BCUT2D eigenvalue weighted by molar-refractivity contribution is 0.120. The van der Waals surface area contributed by atoms with Gasteiger partial charge in [0.2, 0.25) is 0 Å². The quantitative estimate of drug-likeness (QED) is 0.715. The van der Waals surface area contributed by atoms with E-state index in [9.17, 15) is 4.79 Å². The summed E-state index contributed by atoms with van der Waals surface area (Å²) >= 11 is 5.92. The fourth-order valence-electron chi connectivity index (χ4n) is 2.77. The Morgan fingerprint density at radius 2 is 1.71 bits per heavy atom. The molecule has 24 heavy (non-hydrogen) atoms. The Bertz CT molecular complexity index is 931. The van der Waals surface area contributed by atoms with Crippen molar-refractivity contribution in [1.29, 1.82) is 0 Å². The van der Waals surface area contributed by atoms with Crippen LogP contribution in [0, 0.1) is 0 Å². The first kappa shape index (κ1) is 15.2. The fourth-order valence-corrected chi connectivity index (χ4v) is 2.89. The van der Waals surface area contributed by atoms with Crippen LogP contribution in [0.3, 0.4) is 0 Å². The van der Waals surface area contributed by atoms with Crippen molar-refractivity contribution in [2.24, 2.45) is 0 Å². The molecule has 2 heterocycles. The number of fused-ring (bicyclic) bond motifs is 1. The van der Waals surface area contributed by atoms with E-state index < -0.39 is 0 Å². The Hall–Kier alpha value is -2.37. The molecule has 0 amide bonds. The largest absolute Gasteiger partial charge is 0.425 e. The lowest BCUT2D eigenvalue weighted by Crippen LogP contribution is -2.37. The van der Waals surface area contributed by atoms with E-state index in [0.717, 1.165) is 11.1 Å². The topological polar surface area (TPSA) is 55.6 Å². The van der Waals surface area contributed by atoms with Crippen LogP contribution in [0.1, 0.15) is 0 Å². The monoisotopic (exact) mass is 342 g/mol. The van der Waals surface area contributed by atoms with E-state index in [1.165, 1.54) is 0 Å². The number of halogens is 1. The second kappa shape index (κ2) is 6.26. The van der Waals surface area contributed by atoms with E-state index in [0.29, 0.717) is 48.3 Å². The van der Waals surface area contributed by atoms with Crippen molar-refractivity contribution in [3.05, 3.63) is 57.8 Å². The summed E-state index contributed by atoms with van der Waals surface area (Å²) in [6, 6.07) is 13.4. The Morgan fingerprint density at radius 1 is 1.00 bits per heavy atom. The molecule has 1 aromatic heterocycles. The van der Waals surface area contributed by atoms with E-state index >= 15 is 0 Å². The van der Waals surface area contributed by atoms with Gasteiger partial charge in [-0.2, -0.15) is 4.98 Å². The minimum absolute atomic E-state index is 0.284. The van der Waals surface area contributed by atoms with Crippen LogP contribution in [0.25, 0.3) is 22.1 Å². The summed E-state index contributed by atoms with van der Waals surface area (Å²) in [7, 11) is 0. The summed E-state index contributed by atoms with van der Waals surface area (Å²) in [4.78, 5) is 18.5. The molecule has 4 rings (SSSR count). The zero-order valence-electron chi connectivity index (χ0n) is 12.9. The van der Waals surface area contributed by atoms with Gasteiger partial charge in [-0.25, -0.2) is 0 Å². The number of hydrogen-bond donors (Lipinski definition) is 0. The van der Waals surface area contributed by atoms with Gasteiger partial charge in [0.05, 0.1) is 18.6 Å². The molecular weight excluding hydrogens is 328 g/mol. The van der Waals surface area contributed by atoms with Crippen LogP contribution in [-0.4, -0.2) is 31.3 Å². The van der Waals surface area contributed by atoms with Crippen molar-refractivity contribution in [3.8, 4) is 11.1 Å². The average Bonchev–Trinajstić information content (AvgIpc) is 2.63. The standard InChI is InChI=1S/C18H15ClN2O3/c19-14-4-1-12(2-5-14)13-3-6-16-15(11-13)17(22)20-18(24-16)21-7-9-23-10-8-21/h1-6,11H,7-10H2. The molecule has 1 aliphatic rings. The van der Waals surface area contributed by atoms with Crippen LogP contribution in [0.15, 0.2) is 51.7 Å². The normalized spacial score (nSPS) is 15.0. The van der Waals surface area contributed by atoms with E-state index in [-0.39, 0.29) is 5.56 Å². The summed E-state index contributed by atoms with van der Waals surface area (Å²) in [5.41, 5.74) is 2.16. The third-order valence-corrected chi connectivity index (χ3v) is 4.32. The molecule has 0 N–H and O–H groups in total. The SMILES string of the molecule is O=c1nc(N2CCOCC2)oc2ccc(-c3ccc(Cl)cc3)cc12.